The largest absolute Gasteiger partial charge is 0.496 e. The van der Waals surface area contributed by atoms with Gasteiger partial charge in [-0.25, -0.2) is 0 Å². The van der Waals surface area contributed by atoms with Gasteiger partial charge in [0.25, 0.3) is 5.91 Å². The Morgan fingerprint density at radius 1 is 1.27 bits per heavy atom. The molecule has 0 aromatic heterocycles. The lowest BCUT2D eigenvalue weighted by atomic mass is 9.96. The van der Waals surface area contributed by atoms with E-state index < -0.39 is 6.10 Å². The van der Waals surface area contributed by atoms with Crippen LogP contribution in [-0.2, 0) is 0 Å². The third kappa shape index (κ3) is 5.58. The Kier molecular flexibility index (Phi) is 7.83. The van der Waals surface area contributed by atoms with Crippen LogP contribution in [0.3, 0.4) is 0 Å². The highest BCUT2D eigenvalue weighted by Gasteiger charge is 2.23. The monoisotopic (exact) mass is 451 g/mol. The standard InChI is InChI=1S/C22H27Cl2N3O3/c1-30-21-11-19(25)18(24)10-16(21)22(29)26-12-14-6-8-27(9-7-14)13-20(28)15-4-2-3-5-17(15)23/h2-5,10-11,14,20,28H,6-9,12-13,25H2,1H3,(H,26,29). The summed E-state index contributed by atoms with van der Waals surface area (Å²) in [7, 11) is 1.49. The summed E-state index contributed by atoms with van der Waals surface area (Å²) in [6, 6.07) is 10.5. The molecule has 0 saturated carbocycles. The maximum atomic E-state index is 12.6. The summed E-state index contributed by atoms with van der Waals surface area (Å²) >= 11 is 12.2. The minimum atomic E-state index is -0.613. The number of hydrogen-bond acceptors (Lipinski definition) is 5. The fourth-order valence-corrected chi connectivity index (χ4v) is 4.13. The molecule has 4 N–H and O–H groups in total. The zero-order chi connectivity index (χ0) is 21.7. The van der Waals surface area contributed by atoms with Crippen LogP contribution in [0.5, 0.6) is 5.75 Å². The third-order valence-electron chi connectivity index (χ3n) is 5.52. The molecule has 1 saturated heterocycles. The van der Waals surface area contributed by atoms with Gasteiger partial charge >= 0.3 is 0 Å². The van der Waals surface area contributed by atoms with Crippen molar-refractivity contribution in [1.29, 1.82) is 0 Å². The fourth-order valence-electron chi connectivity index (χ4n) is 3.71. The SMILES string of the molecule is COc1cc(N)c(Cl)cc1C(=O)NCC1CCN(CC(O)c2ccccc2Cl)CC1. The average Bonchev–Trinajstić information content (AvgIpc) is 2.74. The zero-order valence-electron chi connectivity index (χ0n) is 16.9. The highest BCUT2D eigenvalue weighted by atomic mass is 35.5. The number of rotatable bonds is 7. The number of ether oxygens (including phenoxy) is 1. The highest BCUT2D eigenvalue weighted by Crippen LogP contribution is 2.29. The van der Waals surface area contributed by atoms with E-state index in [1.165, 1.54) is 13.2 Å². The van der Waals surface area contributed by atoms with Crippen LogP contribution in [0.4, 0.5) is 5.69 Å². The van der Waals surface area contributed by atoms with E-state index in [0.29, 0.717) is 46.1 Å². The molecular formula is C22H27Cl2N3O3. The maximum absolute atomic E-state index is 12.6. The number of nitrogens with zero attached hydrogens (tertiary/aromatic N) is 1. The first-order valence-electron chi connectivity index (χ1n) is 9.95. The zero-order valence-corrected chi connectivity index (χ0v) is 18.4. The number of nitrogens with one attached hydrogen (secondary N) is 1. The topological polar surface area (TPSA) is 87.8 Å². The second-order valence-corrected chi connectivity index (χ2v) is 8.38. The van der Waals surface area contributed by atoms with Crippen molar-refractivity contribution >= 4 is 34.8 Å². The molecule has 1 unspecified atom stereocenters. The van der Waals surface area contributed by atoms with Crippen molar-refractivity contribution in [1.82, 2.24) is 10.2 Å². The second kappa shape index (κ2) is 10.4. The van der Waals surface area contributed by atoms with Gasteiger partial charge in [0, 0.05) is 29.7 Å². The lowest BCUT2D eigenvalue weighted by Gasteiger charge is -2.33. The van der Waals surface area contributed by atoms with Crippen LogP contribution in [0.15, 0.2) is 36.4 Å². The van der Waals surface area contributed by atoms with E-state index in [0.717, 1.165) is 31.5 Å². The van der Waals surface area contributed by atoms with Gasteiger partial charge in [-0.1, -0.05) is 41.4 Å². The molecule has 1 aliphatic rings. The van der Waals surface area contributed by atoms with Crippen molar-refractivity contribution < 1.29 is 14.6 Å². The molecule has 1 fully saturated rings. The summed E-state index contributed by atoms with van der Waals surface area (Å²) in [6.45, 7) is 2.84. The van der Waals surface area contributed by atoms with Crippen LogP contribution in [0.1, 0.15) is 34.9 Å². The van der Waals surface area contributed by atoms with Crippen molar-refractivity contribution in [3.8, 4) is 5.75 Å². The molecule has 0 bridgehead atoms. The number of aliphatic hydroxyl groups excluding tert-OH is 1. The van der Waals surface area contributed by atoms with Crippen molar-refractivity contribution in [2.75, 3.05) is 39.0 Å². The second-order valence-electron chi connectivity index (χ2n) is 7.57. The van der Waals surface area contributed by atoms with Gasteiger partial charge in [-0.05, 0) is 44.0 Å². The molecule has 8 heteroatoms. The molecule has 1 aliphatic heterocycles. The lowest BCUT2D eigenvalue weighted by Crippen LogP contribution is -2.40. The minimum Gasteiger partial charge on any atom is -0.496 e. The van der Waals surface area contributed by atoms with E-state index in [1.807, 2.05) is 18.2 Å². The first kappa shape index (κ1) is 22.7. The molecule has 1 atom stereocenters. The number of halogens is 2. The van der Waals surface area contributed by atoms with E-state index >= 15 is 0 Å². The van der Waals surface area contributed by atoms with Crippen LogP contribution in [0.25, 0.3) is 0 Å². The van der Waals surface area contributed by atoms with E-state index in [2.05, 4.69) is 10.2 Å². The molecule has 1 amide bonds. The number of benzene rings is 2. The molecule has 3 rings (SSSR count). The van der Waals surface area contributed by atoms with E-state index in [1.54, 1.807) is 12.1 Å². The van der Waals surface area contributed by atoms with Gasteiger partial charge in [-0.3, -0.25) is 4.79 Å². The van der Waals surface area contributed by atoms with Crippen molar-refractivity contribution in [3.05, 3.63) is 57.6 Å². The molecule has 2 aromatic rings. The summed E-state index contributed by atoms with van der Waals surface area (Å²) in [6.07, 6.45) is 1.27. The van der Waals surface area contributed by atoms with Crippen LogP contribution in [0.2, 0.25) is 10.0 Å². The molecule has 0 aliphatic carbocycles. The number of nitrogens with two attached hydrogens (primary N) is 1. The number of hydrogen-bond donors (Lipinski definition) is 3. The molecular weight excluding hydrogens is 425 g/mol. The molecule has 162 valence electrons. The molecule has 6 nitrogen and oxygen atoms in total. The number of aliphatic hydroxyl groups is 1. The number of anilines is 1. The number of β-amino-alcohol motifs (C(OH)–C–C–N with tert-alkyl or cyclic N) is 1. The first-order chi connectivity index (χ1) is 14.4. The summed E-state index contributed by atoms with van der Waals surface area (Å²) in [4.78, 5) is 14.8. The Labute approximate surface area is 186 Å². The van der Waals surface area contributed by atoms with E-state index in [-0.39, 0.29) is 5.91 Å². The van der Waals surface area contributed by atoms with E-state index in [4.69, 9.17) is 33.7 Å². The van der Waals surface area contributed by atoms with Gasteiger partial charge in [0.2, 0.25) is 0 Å². The van der Waals surface area contributed by atoms with Crippen LogP contribution >= 0.6 is 23.2 Å². The minimum absolute atomic E-state index is 0.231. The van der Waals surface area contributed by atoms with Gasteiger partial charge in [-0.15, -0.1) is 0 Å². The number of piperidine rings is 1. The Morgan fingerprint density at radius 2 is 1.97 bits per heavy atom. The number of amides is 1. The predicted molar refractivity (Wildman–Crippen MR) is 120 cm³/mol. The van der Waals surface area contributed by atoms with Gasteiger partial charge in [-0.2, -0.15) is 0 Å². The number of carbonyl (C=O) groups excluding carboxylic acids is 1. The molecule has 1 heterocycles. The predicted octanol–water partition coefficient (Wildman–Crippen LogP) is 3.76. The summed E-state index contributed by atoms with van der Waals surface area (Å²) in [5, 5.41) is 14.4. The van der Waals surface area contributed by atoms with Crippen molar-refractivity contribution in [3.63, 3.8) is 0 Å². The lowest BCUT2D eigenvalue weighted by molar-refractivity contribution is 0.0851. The highest BCUT2D eigenvalue weighted by molar-refractivity contribution is 6.33. The normalized spacial score (nSPS) is 16.3. The summed E-state index contributed by atoms with van der Waals surface area (Å²) in [5.41, 5.74) is 7.27. The Morgan fingerprint density at radius 3 is 2.63 bits per heavy atom. The quantitative estimate of drug-likeness (QED) is 0.557. The molecule has 0 radical (unpaired) electrons. The Bertz CT molecular complexity index is 886. The number of likely N-dealkylation sites (tertiary alicyclic amines) is 1. The van der Waals surface area contributed by atoms with Crippen molar-refractivity contribution in [2.45, 2.75) is 18.9 Å². The third-order valence-corrected chi connectivity index (χ3v) is 6.19. The summed E-state index contributed by atoms with van der Waals surface area (Å²) < 4.78 is 5.25. The smallest absolute Gasteiger partial charge is 0.255 e. The van der Waals surface area contributed by atoms with Crippen molar-refractivity contribution in [2.24, 2.45) is 5.92 Å². The average molecular weight is 452 g/mol. The molecule has 30 heavy (non-hydrogen) atoms. The molecule has 0 spiro atoms. The number of nitrogen functional groups attached to an aromatic ring is 1. The molecule has 2 aromatic carbocycles. The van der Waals surface area contributed by atoms with Crippen LogP contribution in [0, 0.1) is 5.92 Å². The van der Waals surface area contributed by atoms with Crippen LogP contribution in [-0.4, -0.2) is 49.2 Å². The first-order valence-corrected chi connectivity index (χ1v) is 10.7. The fraction of sp³-hybridized carbons (Fsp3) is 0.409. The van der Waals surface area contributed by atoms with Crippen LogP contribution < -0.4 is 15.8 Å². The number of carbonyl (C=O) groups is 1. The van der Waals surface area contributed by atoms with Gasteiger partial charge in [0.05, 0.1) is 29.5 Å². The Balaban J connectivity index is 1.48. The summed E-state index contributed by atoms with van der Waals surface area (Å²) in [5.74, 6) is 0.543. The maximum Gasteiger partial charge on any atom is 0.255 e. The van der Waals surface area contributed by atoms with Gasteiger partial charge in [0.1, 0.15) is 5.75 Å². The van der Waals surface area contributed by atoms with Gasteiger partial charge in [0.15, 0.2) is 0 Å². The number of methoxy groups -OCH3 is 1. The van der Waals surface area contributed by atoms with E-state index in [9.17, 15) is 9.90 Å². The Hall–Kier alpha value is -1.99. The van der Waals surface area contributed by atoms with Gasteiger partial charge < -0.3 is 25.8 Å².